The Morgan fingerprint density at radius 1 is 1.35 bits per heavy atom. The Kier molecular flexibility index (Phi) is 2.94. The SMILES string of the molecule is CC(C)(C)C(=O)c1ccc(=O)n(CC2CC2)c1. The van der Waals surface area contributed by atoms with Crippen molar-refractivity contribution >= 4 is 5.78 Å². The van der Waals surface area contributed by atoms with Crippen molar-refractivity contribution in [3.8, 4) is 0 Å². The molecule has 2 rings (SSSR count). The first-order valence-corrected chi connectivity index (χ1v) is 6.13. The molecule has 0 aromatic carbocycles. The molecule has 0 radical (unpaired) electrons. The van der Waals surface area contributed by atoms with Gasteiger partial charge in [-0.15, -0.1) is 0 Å². The maximum Gasteiger partial charge on any atom is 0.250 e. The topological polar surface area (TPSA) is 39.1 Å². The van der Waals surface area contributed by atoms with Gasteiger partial charge in [-0.2, -0.15) is 0 Å². The summed E-state index contributed by atoms with van der Waals surface area (Å²) in [7, 11) is 0. The van der Waals surface area contributed by atoms with Crippen LogP contribution in [-0.2, 0) is 6.54 Å². The van der Waals surface area contributed by atoms with E-state index in [9.17, 15) is 9.59 Å². The number of hydrogen-bond donors (Lipinski definition) is 0. The smallest absolute Gasteiger partial charge is 0.250 e. The van der Waals surface area contributed by atoms with Crippen molar-refractivity contribution in [3.63, 3.8) is 0 Å². The zero-order chi connectivity index (χ0) is 12.6. The van der Waals surface area contributed by atoms with Gasteiger partial charge in [-0.1, -0.05) is 20.8 Å². The zero-order valence-corrected chi connectivity index (χ0v) is 10.7. The van der Waals surface area contributed by atoms with Crippen LogP contribution in [0.25, 0.3) is 0 Å². The second-order valence-electron chi connectivity index (χ2n) is 5.93. The van der Waals surface area contributed by atoms with Gasteiger partial charge < -0.3 is 4.57 Å². The number of ketones is 1. The summed E-state index contributed by atoms with van der Waals surface area (Å²) in [6.45, 7) is 6.44. The van der Waals surface area contributed by atoms with Gasteiger partial charge in [0.15, 0.2) is 5.78 Å². The van der Waals surface area contributed by atoms with Crippen LogP contribution >= 0.6 is 0 Å². The minimum atomic E-state index is -0.401. The number of Topliss-reactive ketones (excluding diaryl/α,β-unsaturated/α-hetero) is 1. The molecule has 3 nitrogen and oxygen atoms in total. The summed E-state index contributed by atoms with van der Waals surface area (Å²) in [5.41, 5.74) is 0.224. The predicted octanol–water partition coefficient (Wildman–Crippen LogP) is 2.49. The van der Waals surface area contributed by atoms with Crippen molar-refractivity contribution in [2.75, 3.05) is 0 Å². The van der Waals surface area contributed by atoms with Crippen molar-refractivity contribution in [3.05, 3.63) is 34.2 Å². The molecule has 17 heavy (non-hydrogen) atoms. The molecule has 92 valence electrons. The van der Waals surface area contributed by atoms with Crippen LogP contribution in [0, 0.1) is 11.3 Å². The zero-order valence-electron chi connectivity index (χ0n) is 10.7. The van der Waals surface area contributed by atoms with E-state index in [1.807, 2.05) is 20.8 Å². The lowest BCUT2D eigenvalue weighted by Crippen LogP contribution is -2.25. The monoisotopic (exact) mass is 233 g/mol. The predicted molar refractivity (Wildman–Crippen MR) is 67.2 cm³/mol. The average Bonchev–Trinajstić information content (AvgIpc) is 3.03. The second-order valence-corrected chi connectivity index (χ2v) is 5.93. The highest BCUT2D eigenvalue weighted by molar-refractivity contribution is 5.99. The second kappa shape index (κ2) is 4.13. The molecule has 0 atom stereocenters. The lowest BCUT2D eigenvalue weighted by atomic mass is 9.87. The molecule has 1 saturated carbocycles. The third kappa shape index (κ3) is 2.84. The maximum absolute atomic E-state index is 12.1. The molecule has 0 amide bonds. The summed E-state index contributed by atoms with van der Waals surface area (Å²) in [6, 6.07) is 3.14. The standard InChI is InChI=1S/C14H19NO2/c1-14(2,3)13(17)11-6-7-12(16)15(9-11)8-10-4-5-10/h6-7,9-10H,4-5,8H2,1-3H3. The van der Waals surface area contributed by atoms with Crippen LogP contribution < -0.4 is 5.56 Å². The first kappa shape index (κ1) is 12.1. The Balaban J connectivity index is 2.29. The molecule has 1 aliphatic rings. The Morgan fingerprint density at radius 2 is 2.00 bits per heavy atom. The molecule has 1 aromatic rings. The van der Waals surface area contributed by atoms with E-state index in [1.165, 1.54) is 18.9 Å². The minimum Gasteiger partial charge on any atom is -0.315 e. The van der Waals surface area contributed by atoms with Gasteiger partial charge in [0.05, 0.1) is 0 Å². The molecule has 1 aliphatic carbocycles. The summed E-state index contributed by atoms with van der Waals surface area (Å²) in [6.07, 6.45) is 4.11. The summed E-state index contributed by atoms with van der Waals surface area (Å²) in [5, 5.41) is 0. The van der Waals surface area contributed by atoms with Crippen molar-refractivity contribution in [2.24, 2.45) is 11.3 Å². The van der Waals surface area contributed by atoms with E-state index in [2.05, 4.69) is 0 Å². The number of aromatic nitrogens is 1. The number of pyridine rings is 1. The van der Waals surface area contributed by atoms with Gasteiger partial charge in [0.2, 0.25) is 0 Å². The van der Waals surface area contributed by atoms with E-state index >= 15 is 0 Å². The molecule has 0 aliphatic heterocycles. The van der Waals surface area contributed by atoms with Crippen molar-refractivity contribution < 1.29 is 4.79 Å². The van der Waals surface area contributed by atoms with E-state index in [0.29, 0.717) is 11.5 Å². The molecular formula is C14H19NO2. The molecule has 0 N–H and O–H groups in total. The first-order chi connectivity index (χ1) is 7.88. The molecule has 1 heterocycles. The Labute approximate surface area is 101 Å². The fraction of sp³-hybridized carbons (Fsp3) is 0.571. The Bertz CT molecular complexity index is 490. The van der Waals surface area contributed by atoms with Crippen molar-refractivity contribution in [1.29, 1.82) is 0 Å². The molecular weight excluding hydrogens is 214 g/mol. The van der Waals surface area contributed by atoms with Gasteiger partial charge in [0, 0.05) is 29.8 Å². The lowest BCUT2D eigenvalue weighted by Gasteiger charge is -2.17. The highest BCUT2D eigenvalue weighted by Gasteiger charge is 2.25. The van der Waals surface area contributed by atoms with Gasteiger partial charge in [-0.3, -0.25) is 9.59 Å². The van der Waals surface area contributed by atoms with Crippen LogP contribution in [0.15, 0.2) is 23.1 Å². The minimum absolute atomic E-state index is 0.0117. The van der Waals surface area contributed by atoms with Crippen LogP contribution in [0.4, 0.5) is 0 Å². The maximum atomic E-state index is 12.1. The fourth-order valence-corrected chi connectivity index (χ4v) is 1.82. The molecule has 0 bridgehead atoms. The van der Waals surface area contributed by atoms with E-state index in [1.54, 1.807) is 16.8 Å². The van der Waals surface area contributed by atoms with Crippen LogP contribution in [0.2, 0.25) is 0 Å². The van der Waals surface area contributed by atoms with Crippen LogP contribution in [-0.4, -0.2) is 10.4 Å². The summed E-state index contributed by atoms with van der Waals surface area (Å²) < 4.78 is 1.68. The van der Waals surface area contributed by atoms with E-state index in [0.717, 1.165) is 6.54 Å². The van der Waals surface area contributed by atoms with Gasteiger partial charge in [-0.05, 0) is 24.8 Å². The normalized spacial score (nSPS) is 15.9. The number of carbonyl (C=O) groups excluding carboxylic acids is 1. The van der Waals surface area contributed by atoms with Gasteiger partial charge >= 0.3 is 0 Å². The summed E-state index contributed by atoms with van der Waals surface area (Å²) in [4.78, 5) is 23.8. The van der Waals surface area contributed by atoms with Crippen LogP contribution in [0.1, 0.15) is 44.0 Å². The summed E-state index contributed by atoms with van der Waals surface area (Å²) >= 11 is 0. The average molecular weight is 233 g/mol. The molecule has 0 unspecified atom stereocenters. The largest absolute Gasteiger partial charge is 0.315 e. The number of nitrogens with zero attached hydrogens (tertiary/aromatic N) is 1. The molecule has 0 saturated heterocycles. The van der Waals surface area contributed by atoms with E-state index in [4.69, 9.17) is 0 Å². The van der Waals surface area contributed by atoms with E-state index < -0.39 is 5.41 Å². The third-order valence-corrected chi connectivity index (χ3v) is 3.08. The van der Waals surface area contributed by atoms with Crippen molar-refractivity contribution in [2.45, 2.75) is 40.2 Å². The molecule has 0 spiro atoms. The number of carbonyl (C=O) groups is 1. The van der Waals surface area contributed by atoms with E-state index in [-0.39, 0.29) is 11.3 Å². The van der Waals surface area contributed by atoms with Crippen LogP contribution in [0.3, 0.4) is 0 Å². The number of hydrogen-bond acceptors (Lipinski definition) is 2. The van der Waals surface area contributed by atoms with Crippen LogP contribution in [0.5, 0.6) is 0 Å². The Hall–Kier alpha value is -1.38. The Morgan fingerprint density at radius 3 is 2.53 bits per heavy atom. The summed E-state index contributed by atoms with van der Waals surface area (Å²) in [5.74, 6) is 0.717. The van der Waals surface area contributed by atoms with Gasteiger partial charge in [0.1, 0.15) is 0 Å². The highest BCUT2D eigenvalue weighted by atomic mass is 16.1. The lowest BCUT2D eigenvalue weighted by molar-refractivity contribution is 0.0857. The third-order valence-electron chi connectivity index (χ3n) is 3.08. The molecule has 1 fully saturated rings. The van der Waals surface area contributed by atoms with Gasteiger partial charge in [-0.25, -0.2) is 0 Å². The molecule has 3 heteroatoms. The van der Waals surface area contributed by atoms with Gasteiger partial charge in [0.25, 0.3) is 5.56 Å². The first-order valence-electron chi connectivity index (χ1n) is 6.13. The highest BCUT2D eigenvalue weighted by Crippen LogP contribution is 2.30. The molecule has 1 aromatic heterocycles. The quantitative estimate of drug-likeness (QED) is 0.752. The number of rotatable bonds is 3. The van der Waals surface area contributed by atoms with Crippen molar-refractivity contribution in [1.82, 2.24) is 4.57 Å². The fourth-order valence-electron chi connectivity index (χ4n) is 1.82.